The Kier molecular flexibility index (Phi) is 4.42. The molecule has 1 aromatic heterocycles. The Morgan fingerprint density at radius 2 is 2.06 bits per heavy atom. The van der Waals surface area contributed by atoms with E-state index in [4.69, 9.17) is 9.15 Å². The van der Waals surface area contributed by atoms with Gasteiger partial charge in [0, 0.05) is 6.54 Å². The number of rotatable bonds is 6. The summed E-state index contributed by atoms with van der Waals surface area (Å²) in [5.41, 5.74) is 2.47. The molecule has 96 valence electrons. The maximum Gasteiger partial charge on any atom is 0.122 e. The fourth-order valence-electron chi connectivity index (χ4n) is 1.74. The summed E-state index contributed by atoms with van der Waals surface area (Å²) < 4.78 is 11.0. The van der Waals surface area contributed by atoms with Crippen LogP contribution in [-0.4, -0.2) is 13.2 Å². The third kappa shape index (κ3) is 3.37. The van der Waals surface area contributed by atoms with Gasteiger partial charge in [0.25, 0.3) is 0 Å². The highest BCUT2D eigenvalue weighted by Crippen LogP contribution is 2.20. The summed E-state index contributed by atoms with van der Waals surface area (Å²) in [5, 5.41) is 3.27. The number of benzene rings is 1. The molecule has 1 heterocycles. The quantitative estimate of drug-likeness (QED) is 0.794. The minimum absolute atomic E-state index is 0.658. The van der Waals surface area contributed by atoms with Crippen molar-refractivity contribution in [2.24, 2.45) is 0 Å². The van der Waals surface area contributed by atoms with Gasteiger partial charge in [-0.05, 0) is 43.2 Å². The molecule has 3 nitrogen and oxygen atoms in total. The van der Waals surface area contributed by atoms with Crippen LogP contribution in [0.3, 0.4) is 0 Å². The molecule has 0 saturated carbocycles. The van der Waals surface area contributed by atoms with Crippen LogP contribution in [-0.2, 0) is 6.54 Å². The minimum atomic E-state index is 0.658. The lowest BCUT2D eigenvalue weighted by Gasteiger charge is -2.11. The number of furan rings is 1. The van der Waals surface area contributed by atoms with E-state index < -0.39 is 0 Å². The lowest BCUT2D eigenvalue weighted by atomic mass is 10.1. The first-order chi connectivity index (χ1) is 8.77. The van der Waals surface area contributed by atoms with Crippen LogP contribution in [0.25, 0.3) is 0 Å². The van der Waals surface area contributed by atoms with Crippen LogP contribution >= 0.6 is 0 Å². The molecule has 3 heteroatoms. The molecule has 0 spiro atoms. The van der Waals surface area contributed by atoms with Gasteiger partial charge in [0.05, 0.1) is 12.8 Å². The molecule has 0 amide bonds. The summed E-state index contributed by atoms with van der Waals surface area (Å²) in [5.74, 6) is 1.91. The molecule has 2 aromatic rings. The van der Waals surface area contributed by atoms with Gasteiger partial charge < -0.3 is 14.5 Å². The summed E-state index contributed by atoms with van der Waals surface area (Å²) in [4.78, 5) is 0. The molecule has 0 fully saturated rings. The Hall–Kier alpha value is -1.74. The number of ether oxygens (including phenoxy) is 1. The van der Waals surface area contributed by atoms with Crippen molar-refractivity contribution in [1.29, 1.82) is 0 Å². The Balaban J connectivity index is 1.70. The van der Waals surface area contributed by atoms with Crippen molar-refractivity contribution in [1.82, 2.24) is 5.32 Å². The Bertz CT molecular complexity index is 477. The number of nitrogens with one attached hydrogen (secondary N) is 1. The second-order valence-corrected chi connectivity index (χ2v) is 4.30. The minimum Gasteiger partial charge on any atom is -0.492 e. The molecule has 0 saturated heterocycles. The highest BCUT2D eigenvalue weighted by atomic mass is 16.5. The van der Waals surface area contributed by atoms with Crippen molar-refractivity contribution < 1.29 is 9.15 Å². The fourth-order valence-corrected chi connectivity index (χ4v) is 1.74. The maximum atomic E-state index is 5.74. The number of hydrogen-bond acceptors (Lipinski definition) is 3. The average molecular weight is 245 g/mol. The Labute approximate surface area is 108 Å². The van der Waals surface area contributed by atoms with E-state index in [-0.39, 0.29) is 0 Å². The zero-order chi connectivity index (χ0) is 12.8. The standard InChI is InChI=1S/C15H19NO2/c1-12-5-3-7-15(13(12)2)18-10-8-16-11-14-6-4-9-17-14/h3-7,9,16H,8,10-11H2,1-2H3. The third-order valence-corrected chi connectivity index (χ3v) is 2.97. The molecule has 0 aliphatic carbocycles. The molecule has 0 atom stereocenters. The van der Waals surface area contributed by atoms with Crippen LogP contribution in [0.4, 0.5) is 0 Å². The molecular formula is C15H19NO2. The molecule has 0 unspecified atom stereocenters. The van der Waals surface area contributed by atoms with Gasteiger partial charge in [-0.3, -0.25) is 0 Å². The van der Waals surface area contributed by atoms with Crippen LogP contribution in [0.5, 0.6) is 5.75 Å². The fraction of sp³-hybridized carbons (Fsp3) is 0.333. The normalized spacial score (nSPS) is 10.6. The third-order valence-electron chi connectivity index (χ3n) is 2.97. The summed E-state index contributed by atoms with van der Waals surface area (Å²) in [6.07, 6.45) is 1.68. The van der Waals surface area contributed by atoms with Crippen molar-refractivity contribution in [3.05, 3.63) is 53.5 Å². The number of aryl methyl sites for hydroxylation is 1. The monoisotopic (exact) mass is 245 g/mol. The van der Waals surface area contributed by atoms with E-state index in [9.17, 15) is 0 Å². The van der Waals surface area contributed by atoms with Gasteiger partial charge in [0.2, 0.25) is 0 Å². The van der Waals surface area contributed by atoms with Crippen molar-refractivity contribution in [2.45, 2.75) is 20.4 Å². The van der Waals surface area contributed by atoms with Crippen molar-refractivity contribution in [2.75, 3.05) is 13.2 Å². The van der Waals surface area contributed by atoms with E-state index in [0.29, 0.717) is 6.61 Å². The predicted molar refractivity (Wildman–Crippen MR) is 71.8 cm³/mol. The largest absolute Gasteiger partial charge is 0.492 e. The first-order valence-corrected chi connectivity index (χ1v) is 6.19. The van der Waals surface area contributed by atoms with Gasteiger partial charge in [0.1, 0.15) is 18.1 Å². The van der Waals surface area contributed by atoms with Crippen LogP contribution < -0.4 is 10.1 Å². The van der Waals surface area contributed by atoms with Gasteiger partial charge in [-0.1, -0.05) is 12.1 Å². The molecule has 1 N–H and O–H groups in total. The van der Waals surface area contributed by atoms with Gasteiger partial charge in [-0.15, -0.1) is 0 Å². The van der Waals surface area contributed by atoms with Crippen LogP contribution in [0.2, 0.25) is 0 Å². The smallest absolute Gasteiger partial charge is 0.122 e. The van der Waals surface area contributed by atoms with Crippen LogP contribution in [0, 0.1) is 13.8 Å². The first-order valence-electron chi connectivity index (χ1n) is 6.19. The molecule has 18 heavy (non-hydrogen) atoms. The van der Waals surface area contributed by atoms with E-state index in [0.717, 1.165) is 24.6 Å². The summed E-state index contributed by atoms with van der Waals surface area (Å²) in [6, 6.07) is 9.97. The van der Waals surface area contributed by atoms with Gasteiger partial charge >= 0.3 is 0 Å². The molecule has 0 aliphatic heterocycles. The van der Waals surface area contributed by atoms with Crippen molar-refractivity contribution in [3.63, 3.8) is 0 Å². The van der Waals surface area contributed by atoms with E-state index in [1.54, 1.807) is 6.26 Å². The molecule has 0 radical (unpaired) electrons. The van der Waals surface area contributed by atoms with E-state index in [1.807, 2.05) is 24.3 Å². The lowest BCUT2D eigenvalue weighted by Crippen LogP contribution is -2.20. The van der Waals surface area contributed by atoms with Crippen LogP contribution in [0.1, 0.15) is 16.9 Å². The molecule has 2 rings (SSSR count). The molecule has 0 aliphatic rings. The SMILES string of the molecule is Cc1cccc(OCCNCc2ccco2)c1C. The van der Waals surface area contributed by atoms with E-state index in [1.165, 1.54) is 11.1 Å². The Morgan fingerprint density at radius 1 is 1.17 bits per heavy atom. The molecule has 0 bridgehead atoms. The number of hydrogen-bond donors (Lipinski definition) is 1. The highest BCUT2D eigenvalue weighted by molar-refractivity contribution is 5.38. The van der Waals surface area contributed by atoms with Gasteiger partial charge in [-0.25, -0.2) is 0 Å². The summed E-state index contributed by atoms with van der Waals surface area (Å²) in [7, 11) is 0. The van der Waals surface area contributed by atoms with Crippen molar-refractivity contribution in [3.8, 4) is 5.75 Å². The summed E-state index contributed by atoms with van der Waals surface area (Å²) >= 11 is 0. The molecular weight excluding hydrogens is 226 g/mol. The zero-order valence-corrected chi connectivity index (χ0v) is 10.9. The van der Waals surface area contributed by atoms with Gasteiger partial charge in [-0.2, -0.15) is 0 Å². The van der Waals surface area contributed by atoms with E-state index >= 15 is 0 Å². The average Bonchev–Trinajstić information content (AvgIpc) is 2.87. The first kappa shape index (κ1) is 12.7. The predicted octanol–water partition coefficient (Wildman–Crippen LogP) is 3.07. The molecule has 1 aromatic carbocycles. The lowest BCUT2D eigenvalue weighted by molar-refractivity contribution is 0.309. The Morgan fingerprint density at radius 3 is 2.83 bits per heavy atom. The van der Waals surface area contributed by atoms with Gasteiger partial charge in [0.15, 0.2) is 0 Å². The summed E-state index contributed by atoms with van der Waals surface area (Å²) in [6.45, 7) is 6.38. The maximum absolute atomic E-state index is 5.74. The second-order valence-electron chi connectivity index (χ2n) is 4.30. The van der Waals surface area contributed by atoms with Crippen LogP contribution in [0.15, 0.2) is 41.0 Å². The van der Waals surface area contributed by atoms with E-state index in [2.05, 4.69) is 25.2 Å². The second kappa shape index (κ2) is 6.26. The highest BCUT2D eigenvalue weighted by Gasteiger charge is 2.01. The van der Waals surface area contributed by atoms with Crippen molar-refractivity contribution >= 4 is 0 Å². The zero-order valence-electron chi connectivity index (χ0n) is 10.9. The topological polar surface area (TPSA) is 34.4 Å².